The zero-order valence-electron chi connectivity index (χ0n) is 18.3. The molecule has 11 heteroatoms. The number of halogens is 4. The zero-order valence-corrected chi connectivity index (χ0v) is 19.9. The summed E-state index contributed by atoms with van der Waals surface area (Å²) in [6.07, 6.45) is -2.77. The van der Waals surface area contributed by atoms with Gasteiger partial charge in [-0.3, -0.25) is 0 Å². The standard InChI is InChI=1S/C24H20ClF3N4O2S/c25-22-13-19(9-8-17(22)14-29)32(15-18-5-1-2-6-21(18)24(26,27)28)20-10-12-31(16-20)35(33,34)23-7-3-4-11-30-23/h1-9,11,13,20H,10,12,15-16H2/t20-/m0/s1. The van der Waals surface area contributed by atoms with Gasteiger partial charge in [0.05, 0.1) is 16.1 Å². The number of anilines is 1. The van der Waals surface area contributed by atoms with Crippen molar-refractivity contribution < 1.29 is 21.6 Å². The highest BCUT2D eigenvalue weighted by molar-refractivity contribution is 7.89. The Morgan fingerprint density at radius 2 is 1.89 bits per heavy atom. The van der Waals surface area contributed by atoms with Crippen molar-refractivity contribution >= 4 is 27.3 Å². The molecule has 0 saturated carbocycles. The average Bonchev–Trinajstić information content (AvgIpc) is 3.33. The number of benzene rings is 2. The predicted molar refractivity (Wildman–Crippen MR) is 125 cm³/mol. The Balaban J connectivity index is 1.70. The molecular formula is C24H20ClF3N4O2S. The number of nitrogens with zero attached hydrogens (tertiary/aromatic N) is 4. The number of hydrogen-bond acceptors (Lipinski definition) is 5. The largest absolute Gasteiger partial charge is 0.416 e. The van der Waals surface area contributed by atoms with Gasteiger partial charge in [-0.2, -0.15) is 22.7 Å². The molecule has 0 aliphatic carbocycles. The van der Waals surface area contributed by atoms with Crippen LogP contribution in [0.1, 0.15) is 23.1 Å². The molecule has 4 rings (SSSR count). The van der Waals surface area contributed by atoms with Crippen LogP contribution in [0.25, 0.3) is 0 Å². The summed E-state index contributed by atoms with van der Waals surface area (Å²) in [4.78, 5) is 5.66. The monoisotopic (exact) mass is 520 g/mol. The fourth-order valence-electron chi connectivity index (χ4n) is 4.14. The number of nitriles is 1. The molecule has 0 bridgehead atoms. The van der Waals surface area contributed by atoms with Crippen LogP contribution >= 0.6 is 11.6 Å². The van der Waals surface area contributed by atoms with E-state index < -0.39 is 27.8 Å². The molecule has 1 aliphatic rings. The van der Waals surface area contributed by atoms with E-state index in [-0.39, 0.29) is 40.8 Å². The van der Waals surface area contributed by atoms with Crippen LogP contribution in [0.3, 0.4) is 0 Å². The van der Waals surface area contributed by atoms with Crippen LogP contribution in [0.15, 0.2) is 71.9 Å². The summed E-state index contributed by atoms with van der Waals surface area (Å²) in [7, 11) is -3.86. The third kappa shape index (κ3) is 5.27. The second-order valence-corrected chi connectivity index (χ2v) is 10.3. The second kappa shape index (κ2) is 9.85. The first-order valence-corrected chi connectivity index (χ1v) is 12.5. The van der Waals surface area contributed by atoms with Crippen LogP contribution in [0, 0.1) is 11.3 Å². The van der Waals surface area contributed by atoms with Gasteiger partial charge in [0, 0.05) is 37.6 Å². The van der Waals surface area contributed by atoms with E-state index in [0.717, 1.165) is 6.07 Å². The van der Waals surface area contributed by atoms with Crippen LogP contribution in [-0.4, -0.2) is 36.8 Å². The van der Waals surface area contributed by atoms with Gasteiger partial charge in [-0.25, -0.2) is 13.4 Å². The lowest BCUT2D eigenvalue weighted by Crippen LogP contribution is -2.39. The van der Waals surface area contributed by atoms with Gasteiger partial charge in [-0.05, 0) is 48.4 Å². The Morgan fingerprint density at radius 1 is 1.14 bits per heavy atom. The maximum absolute atomic E-state index is 13.7. The Hall–Kier alpha value is -3.13. The molecule has 0 radical (unpaired) electrons. The van der Waals surface area contributed by atoms with Crippen molar-refractivity contribution in [1.29, 1.82) is 5.26 Å². The molecular weight excluding hydrogens is 501 g/mol. The summed E-state index contributed by atoms with van der Waals surface area (Å²) in [5.74, 6) is 0. The Morgan fingerprint density at radius 3 is 2.54 bits per heavy atom. The summed E-state index contributed by atoms with van der Waals surface area (Å²) in [6.45, 7) is 0.121. The third-order valence-electron chi connectivity index (χ3n) is 5.88. The predicted octanol–water partition coefficient (Wildman–Crippen LogP) is 5.10. The van der Waals surface area contributed by atoms with Crippen molar-refractivity contribution in [3.05, 3.63) is 88.6 Å². The second-order valence-electron chi connectivity index (χ2n) is 8.03. The molecule has 1 aromatic heterocycles. The summed E-state index contributed by atoms with van der Waals surface area (Å²) in [5, 5.41) is 9.28. The molecule has 1 atom stereocenters. The molecule has 0 spiro atoms. The lowest BCUT2D eigenvalue weighted by molar-refractivity contribution is -0.138. The molecule has 2 aromatic carbocycles. The molecule has 6 nitrogen and oxygen atoms in total. The van der Waals surface area contributed by atoms with Crippen LogP contribution < -0.4 is 4.90 Å². The average molecular weight is 521 g/mol. The lowest BCUT2D eigenvalue weighted by Gasteiger charge is -2.32. The van der Waals surface area contributed by atoms with Crippen molar-refractivity contribution in [2.75, 3.05) is 18.0 Å². The molecule has 2 heterocycles. The maximum Gasteiger partial charge on any atom is 0.416 e. The fraction of sp³-hybridized carbons (Fsp3) is 0.250. The Bertz CT molecular complexity index is 1360. The maximum atomic E-state index is 13.7. The lowest BCUT2D eigenvalue weighted by atomic mass is 10.0. The van der Waals surface area contributed by atoms with Gasteiger partial charge < -0.3 is 4.90 Å². The minimum Gasteiger partial charge on any atom is -0.363 e. The Labute approximate surface area is 206 Å². The van der Waals surface area contributed by atoms with Gasteiger partial charge in [-0.15, -0.1) is 0 Å². The van der Waals surface area contributed by atoms with Crippen LogP contribution in [0.5, 0.6) is 0 Å². The van der Waals surface area contributed by atoms with E-state index in [9.17, 15) is 26.9 Å². The van der Waals surface area contributed by atoms with Crippen molar-refractivity contribution in [1.82, 2.24) is 9.29 Å². The van der Waals surface area contributed by atoms with Gasteiger partial charge >= 0.3 is 6.18 Å². The van der Waals surface area contributed by atoms with E-state index >= 15 is 0 Å². The summed E-state index contributed by atoms with van der Waals surface area (Å²) in [6, 6.07) is 16.0. The van der Waals surface area contributed by atoms with E-state index in [4.69, 9.17) is 11.6 Å². The SMILES string of the molecule is N#Cc1ccc(N(Cc2ccccc2C(F)(F)F)[C@H]2CCN(S(=O)(=O)c3ccccn3)C2)cc1Cl. The molecule has 0 amide bonds. The zero-order chi connectivity index (χ0) is 25.2. The molecule has 1 fully saturated rings. The van der Waals surface area contributed by atoms with E-state index in [2.05, 4.69) is 4.98 Å². The van der Waals surface area contributed by atoms with Crippen LogP contribution in [-0.2, 0) is 22.7 Å². The van der Waals surface area contributed by atoms with Gasteiger partial charge in [0.1, 0.15) is 6.07 Å². The highest BCUT2D eigenvalue weighted by Gasteiger charge is 2.38. The topological polar surface area (TPSA) is 77.3 Å². The number of aromatic nitrogens is 1. The normalized spacial score (nSPS) is 16.7. The first-order valence-electron chi connectivity index (χ1n) is 10.6. The minimum atomic E-state index is -4.55. The van der Waals surface area contributed by atoms with Crippen molar-refractivity contribution in [2.45, 2.75) is 30.2 Å². The van der Waals surface area contributed by atoms with Crippen LogP contribution in [0.4, 0.5) is 18.9 Å². The number of hydrogen-bond donors (Lipinski definition) is 0. The van der Waals surface area contributed by atoms with Crippen molar-refractivity contribution in [3.63, 3.8) is 0 Å². The van der Waals surface area contributed by atoms with Gasteiger partial charge in [-0.1, -0.05) is 35.9 Å². The minimum absolute atomic E-state index is 0.0477. The highest BCUT2D eigenvalue weighted by Crippen LogP contribution is 2.35. The smallest absolute Gasteiger partial charge is 0.363 e. The number of sulfonamides is 1. The summed E-state index contributed by atoms with van der Waals surface area (Å²) < 4.78 is 68.4. The van der Waals surface area contributed by atoms with Gasteiger partial charge in [0.15, 0.2) is 5.03 Å². The molecule has 0 unspecified atom stereocenters. The third-order valence-corrected chi connectivity index (χ3v) is 7.97. The van der Waals surface area contributed by atoms with Gasteiger partial charge in [0.25, 0.3) is 10.0 Å². The Kier molecular flexibility index (Phi) is 7.03. The highest BCUT2D eigenvalue weighted by atomic mass is 35.5. The summed E-state index contributed by atoms with van der Waals surface area (Å²) in [5.41, 5.74) is 0.0112. The number of pyridine rings is 1. The summed E-state index contributed by atoms with van der Waals surface area (Å²) >= 11 is 6.22. The van der Waals surface area contributed by atoms with E-state index in [1.54, 1.807) is 23.1 Å². The molecule has 1 aliphatic heterocycles. The van der Waals surface area contributed by atoms with Crippen LogP contribution in [0.2, 0.25) is 5.02 Å². The molecule has 1 saturated heterocycles. The molecule has 182 valence electrons. The number of rotatable bonds is 6. The van der Waals surface area contributed by atoms with E-state index in [0.29, 0.717) is 12.1 Å². The van der Waals surface area contributed by atoms with E-state index in [1.807, 2.05) is 6.07 Å². The quantitative estimate of drug-likeness (QED) is 0.452. The van der Waals surface area contributed by atoms with Crippen molar-refractivity contribution in [3.8, 4) is 6.07 Å². The van der Waals surface area contributed by atoms with Crippen molar-refractivity contribution in [2.24, 2.45) is 0 Å². The molecule has 0 N–H and O–H groups in total. The fourth-order valence-corrected chi connectivity index (χ4v) is 5.78. The molecule has 3 aromatic rings. The molecule has 35 heavy (non-hydrogen) atoms. The van der Waals surface area contributed by atoms with E-state index in [1.165, 1.54) is 46.9 Å². The first-order chi connectivity index (χ1) is 16.6. The van der Waals surface area contributed by atoms with Gasteiger partial charge in [0.2, 0.25) is 0 Å². The number of alkyl halides is 3. The first kappa shape index (κ1) is 25.0.